The van der Waals surface area contributed by atoms with Gasteiger partial charge in [0.05, 0.1) is 20.4 Å². The second-order valence-corrected chi connectivity index (χ2v) is 6.66. The van der Waals surface area contributed by atoms with Crippen molar-refractivity contribution in [2.45, 2.75) is 6.61 Å². The van der Waals surface area contributed by atoms with E-state index in [0.717, 1.165) is 11.1 Å². The first-order valence-corrected chi connectivity index (χ1v) is 9.50. The van der Waals surface area contributed by atoms with Crippen LogP contribution < -0.4 is 19.6 Å². The lowest BCUT2D eigenvalue weighted by Crippen LogP contribution is -2.17. The Bertz CT molecular complexity index is 1050. The summed E-state index contributed by atoms with van der Waals surface area (Å²) in [5, 5.41) is 4.70. The Morgan fingerprint density at radius 2 is 1.77 bits per heavy atom. The average Bonchev–Trinajstić information content (AvgIpc) is 2.78. The van der Waals surface area contributed by atoms with E-state index in [0.29, 0.717) is 34.4 Å². The zero-order valence-electron chi connectivity index (χ0n) is 16.6. The van der Waals surface area contributed by atoms with E-state index in [-0.39, 0.29) is 5.91 Å². The Labute approximate surface area is 180 Å². The van der Waals surface area contributed by atoms with Crippen molar-refractivity contribution < 1.29 is 19.0 Å². The highest BCUT2D eigenvalue weighted by molar-refractivity contribution is 6.30. The Kier molecular flexibility index (Phi) is 7.29. The van der Waals surface area contributed by atoms with Gasteiger partial charge in [-0.2, -0.15) is 5.10 Å². The van der Waals surface area contributed by atoms with Gasteiger partial charge in [-0.05, 0) is 48.0 Å². The van der Waals surface area contributed by atoms with Gasteiger partial charge in [0, 0.05) is 16.1 Å². The summed E-state index contributed by atoms with van der Waals surface area (Å²) in [5.41, 5.74) is 4.59. The van der Waals surface area contributed by atoms with Crippen molar-refractivity contribution in [1.82, 2.24) is 5.43 Å². The highest BCUT2D eigenvalue weighted by Crippen LogP contribution is 2.27. The molecule has 0 spiro atoms. The number of benzene rings is 3. The molecule has 0 saturated heterocycles. The number of hydrogen-bond acceptors (Lipinski definition) is 5. The number of hydrogen-bond donors (Lipinski definition) is 1. The predicted octanol–water partition coefficient (Wildman–Crippen LogP) is 4.70. The molecular weight excluding hydrogens is 404 g/mol. The monoisotopic (exact) mass is 424 g/mol. The normalized spacial score (nSPS) is 10.6. The molecule has 30 heavy (non-hydrogen) atoms. The van der Waals surface area contributed by atoms with E-state index >= 15 is 0 Å². The minimum absolute atomic E-state index is 0.364. The SMILES string of the molecule is COc1ccc(C(=O)N/N=C/c2ccccc2OCc2cccc(Cl)c2)cc1OC. The number of nitrogens with zero attached hydrogens (tertiary/aromatic N) is 1. The first-order valence-electron chi connectivity index (χ1n) is 9.12. The van der Waals surface area contributed by atoms with Gasteiger partial charge in [0.1, 0.15) is 12.4 Å². The summed E-state index contributed by atoms with van der Waals surface area (Å²) in [6.07, 6.45) is 1.53. The van der Waals surface area contributed by atoms with Crippen LogP contribution in [0.3, 0.4) is 0 Å². The minimum atomic E-state index is -0.371. The summed E-state index contributed by atoms with van der Waals surface area (Å²) in [6.45, 7) is 0.364. The fourth-order valence-electron chi connectivity index (χ4n) is 2.71. The Balaban J connectivity index is 1.65. The Morgan fingerprint density at radius 3 is 2.53 bits per heavy atom. The number of hydrazone groups is 1. The van der Waals surface area contributed by atoms with E-state index in [1.165, 1.54) is 20.4 Å². The first kappa shape index (κ1) is 21.2. The molecule has 0 fully saturated rings. The molecule has 0 aromatic heterocycles. The molecule has 0 radical (unpaired) electrons. The second kappa shape index (κ2) is 10.3. The van der Waals surface area contributed by atoms with Gasteiger partial charge in [-0.15, -0.1) is 0 Å². The van der Waals surface area contributed by atoms with Crippen molar-refractivity contribution in [3.63, 3.8) is 0 Å². The first-order chi connectivity index (χ1) is 14.6. The molecule has 0 aliphatic rings. The van der Waals surface area contributed by atoms with Crippen LogP contribution in [0.4, 0.5) is 0 Å². The maximum absolute atomic E-state index is 12.4. The quantitative estimate of drug-likeness (QED) is 0.420. The molecule has 154 valence electrons. The molecular formula is C23H21ClN2O4. The summed E-state index contributed by atoms with van der Waals surface area (Å²) in [7, 11) is 3.05. The third kappa shape index (κ3) is 5.52. The third-order valence-electron chi connectivity index (χ3n) is 4.22. The number of halogens is 1. The Hall–Kier alpha value is -3.51. The molecule has 0 unspecified atom stereocenters. The largest absolute Gasteiger partial charge is 0.493 e. The smallest absolute Gasteiger partial charge is 0.271 e. The minimum Gasteiger partial charge on any atom is -0.493 e. The van der Waals surface area contributed by atoms with E-state index in [9.17, 15) is 4.79 Å². The zero-order chi connectivity index (χ0) is 21.3. The molecule has 7 heteroatoms. The van der Waals surface area contributed by atoms with Crippen LogP contribution in [-0.2, 0) is 6.61 Å². The number of carbonyl (C=O) groups is 1. The number of ether oxygens (including phenoxy) is 3. The van der Waals surface area contributed by atoms with Crippen LogP contribution in [0.15, 0.2) is 71.8 Å². The number of rotatable bonds is 8. The summed E-state index contributed by atoms with van der Waals surface area (Å²) < 4.78 is 16.3. The summed E-state index contributed by atoms with van der Waals surface area (Å²) in [6, 6.07) is 19.8. The molecule has 0 atom stereocenters. The van der Waals surface area contributed by atoms with Crippen LogP contribution in [0.25, 0.3) is 0 Å². The second-order valence-electron chi connectivity index (χ2n) is 6.23. The zero-order valence-corrected chi connectivity index (χ0v) is 17.3. The molecule has 3 aromatic carbocycles. The van der Waals surface area contributed by atoms with Crippen LogP contribution in [0.1, 0.15) is 21.5 Å². The van der Waals surface area contributed by atoms with Gasteiger partial charge in [0.2, 0.25) is 0 Å². The molecule has 1 N–H and O–H groups in total. The fraction of sp³-hybridized carbons (Fsp3) is 0.130. The molecule has 3 rings (SSSR count). The number of amides is 1. The van der Waals surface area contributed by atoms with Gasteiger partial charge in [0.25, 0.3) is 5.91 Å². The Morgan fingerprint density at radius 1 is 0.967 bits per heavy atom. The molecule has 0 aliphatic heterocycles. The van der Waals surface area contributed by atoms with Crippen molar-refractivity contribution in [3.05, 3.63) is 88.4 Å². The van der Waals surface area contributed by atoms with Gasteiger partial charge in [-0.3, -0.25) is 4.79 Å². The maximum Gasteiger partial charge on any atom is 0.271 e. The number of methoxy groups -OCH3 is 2. The van der Waals surface area contributed by atoms with Crippen LogP contribution in [0, 0.1) is 0 Å². The lowest BCUT2D eigenvalue weighted by atomic mass is 10.2. The van der Waals surface area contributed by atoms with Gasteiger partial charge >= 0.3 is 0 Å². The van der Waals surface area contributed by atoms with Crippen molar-refractivity contribution in [3.8, 4) is 17.2 Å². The van der Waals surface area contributed by atoms with Crippen molar-refractivity contribution in [2.75, 3.05) is 14.2 Å². The van der Waals surface area contributed by atoms with Gasteiger partial charge in [0.15, 0.2) is 11.5 Å². The standard InChI is InChI=1S/C23H21ClN2O4/c1-28-21-11-10-17(13-22(21)29-2)23(27)26-25-14-18-7-3-4-9-20(18)30-15-16-6-5-8-19(24)12-16/h3-14H,15H2,1-2H3,(H,26,27)/b25-14+. The van der Waals surface area contributed by atoms with Gasteiger partial charge < -0.3 is 14.2 Å². The van der Waals surface area contributed by atoms with Crippen molar-refractivity contribution in [2.24, 2.45) is 5.10 Å². The van der Waals surface area contributed by atoms with E-state index < -0.39 is 0 Å². The molecule has 0 heterocycles. The lowest BCUT2D eigenvalue weighted by Gasteiger charge is -2.10. The summed E-state index contributed by atoms with van der Waals surface area (Å²) in [4.78, 5) is 12.4. The van der Waals surface area contributed by atoms with Crippen LogP contribution in [-0.4, -0.2) is 26.3 Å². The van der Waals surface area contributed by atoms with E-state index in [2.05, 4.69) is 10.5 Å². The van der Waals surface area contributed by atoms with E-state index in [4.69, 9.17) is 25.8 Å². The molecule has 6 nitrogen and oxygen atoms in total. The highest BCUT2D eigenvalue weighted by atomic mass is 35.5. The van der Waals surface area contributed by atoms with Gasteiger partial charge in [-0.25, -0.2) is 5.43 Å². The molecule has 0 bridgehead atoms. The van der Waals surface area contributed by atoms with E-state index in [1.54, 1.807) is 18.2 Å². The lowest BCUT2D eigenvalue weighted by molar-refractivity contribution is 0.0954. The number of para-hydroxylation sites is 1. The summed E-state index contributed by atoms with van der Waals surface area (Å²) in [5.74, 6) is 1.28. The van der Waals surface area contributed by atoms with Crippen molar-refractivity contribution >= 4 is 23.7 Å². The predicted molar refractivity (Wildman–Crippen MR) is 117 cm³/mol. The molecule has 0 aliphatic carbocycles. The van der Waals surface area contributed by atoms with Crippen LogP contribution >= 0.6 is 11.6 Å². The van der Waals surface area contributed by atoms with Gasteiger partial charge in [-0.1, -0.05) is 35.9 Å². The van der Waals surface area contributed by atoms with Crippen LogP contribution in [0.2, 0.25) is 5.02 Å². The highest BCUT2D eigenvalue weighted by Gasteiger charge is 2.10. The van der Waals surface area contributed by atoms with Crippen molar-refractivity contribution in [1.29, 1.82) is 0 Å². The van der Waals surface area contributed by atoms with Crippen LogP contribution in [0.5, 0.6) is 17.2 Å². The molecule has 1 amide bonds. The maximum atomic E-state index is 12.4. The third-order valence-corrected chi connectivity index (χ3v) is 4.45. The topological polar surface area (TPSA) is 69.2 Å². The van der Waals surface area contributed by atoms with E-state index in [1.807, 2.05) is 48.5 Å². The summed E-state index contributed by atoms with van der Waals surface area (Å²) >= 11 is 6.01. The molecule has 0 saturated carbocycles. The number of carbonyl (C=O) groups excluding carboxylic acids is 1. The number of nitrogens with one attached hydrogen (secondary N) is 1. The average molecular weight is 425 g/mol. The fourth-order valence-corrected chi connectivity index (χ4v) is 2.92. The molecule has 3 aromatic rings.